The third-order valence-corrected chi connectivity index (χ3v) is 7.73. The van der Waals surface area contributed by atoms with E-state index in [1.165, 1.54) is 6.42 Å². The van der Waals surface area contributed by atoms with Crippen molar-refractivity contribution in [1.29, 1.82) is 0 Å². The molecule has 1 saturated carbocycles. The molecule has 2 spiro atoms. The Balaban J connectivity index is 1.31. The number of aryl methyl sites for hydroxylation is 1. The van der Waals surface area contributed by atoms with Crippen LogP contribution in [0.4, 0.5) is 0 Å². The Morgan fingerprint density at radius 1 is 1.00 bits per heavy atom. The van der Waals surface area contributed by atoms with Crippen molar-refractivity contribution in [2.24, 2.45) is 0 Å². The lowest BCUT2D eigenvalue weighted by molar-refractivity contribution is -0.181. The molecule has 3 fully saturated rings. The summed E-state index contributed by atoms with van der Waals surface area (Å²) in [7, 11) is 0. The zero-order valence-corrected chi connectivity index (χ0v) is 18.5. The summed E-state index contributed by atoms with van der Waals surface area (Å²) >= 11 is 0. The quantitative estimate of drug-likeness (QED) is 0.656. The number of carbonyl (C=O) groups excluding carboxylic acids is 2. The molecule has 7 nitrogen and oxygen atoms in total. The Morgan fingerprint density at radius 2 is 1.72 bits per heavy atom. The molecule has 7 heteroatoms. The molecule has 1 amide bonds. The highest BCUT2D eigenvalue weighted by atomic mass is 16.7. The molecule has 1 aliphatic carbocycles. The molecule has 32 heavy (non-hydrogen) atoms. The van der Waals surface area contributed by atoms with E-state index in [-0.39, 0.29) is 17.3 Å². The van der Waals surface area contributed by atoms with Crippen molar-refractivity contribution in [1.82, 2.24) is 4.90 Å². The van der Waals surface area contributed by atoms with Crippen LogP contribution in [-0.2, 0) is 9.47 Å². The summed E-state index contributed by atoms with van der Waals surface area (Å²) < 4.78 is 24.0. The largest absolute Gasteiger partial charge is 0.486 e. The zero-order valence-electron chi connectivity index (χ0n) is 18.5. The third kappa shape index (κ3) is 3.09. The number of Topliss-reactive ketones (excluding diaryl/α,β-unsaturated/α-hetero) is 1. The highest BCUT2D eigenvalue weighted by molar-refractivity contribution is 6.13. The maximum atomic E-state index is 13.3. The molecule has 2 saturated heterocycles. The number of hydrogen-bond donors (Lipinski definition) is 0. The van der Waals surface area contributed by atoms with E-state index in [4.69, 9.17) is 18.6 Å². The fourth-order valence-corrected chi connectivity index (χ4v) is 5.99. The predicted octanol–water partition coefficient (Wildman–Crippen LogP) is 4.39. The standard InChI is InChI=1S/C25H29NO6/c1-16-20-18(5-6-19-21(20)17(27)15-24(32-19)7-3-2-4-8-24)31-22(16)23(28)26-11-9-25(10-12-26)29-13-14-30-25/h5-6H,2-4,7-15H2,1H3. The molecule has 0 bridgehead atoms. The number of amides is 1. The Morgan fingerprint density at radius 3 is 2.44 bits per heavy atom. The van der Waals surface area contributed by atoms with Gasteiger partial charge >= 0.3 is 0 Å². The van der Waals surface area contributed by atoms with Crippen LogP contribution in [0, 0.1) is 6.92 Å². The van der Waals surface area contributed by atoms with Gasteiger partial charge in [-0.25, -0.2) is 0 Å². The molecule has 6 rings (SSSR count). The third-order valence-electron chi connectivity index (χ3n) is 7.73. The molecule has 1 aromatic carbocycles. The molecule has 1 aromatic heterocycles. The van der Waals surface area contributed by atoms with Crippen molar-refractivity contribution in [3.05, 3.63) is 29.0 Å². The van der Waals surface area contributed by atoms with E-state index in [1.807, 2.05) is 19.1 Å². The molecular formula is C25H29NO6. The fraction of sp³-hybridized carbons (Fsp3) is 0.600. The zero-order chi connectivity index (χ0) is 21.9. The van der Waals surface area contributed by atoms with Crippen molar-refractivity contribution in [3.8, 4) is 5.75 Å². The summed E-state index contributed by atoms with van der Waals surface area (Å²) in [5.74, 6) is 0.361. The van der Waals surface area contributed by atoms with Crippen LogP contribution in [0.3, 0.4) is 0 Å². The van der Waals surface area contributed by atoms with Gasteiger partial charge in [-0.2, -0.15) is 0 Å². The SMILES string of the molecule is Cc1c(C(=O)N2CCC3(CC2)OCCO3)oc2ccc3c(c12)C(=O)CC1(CCCCC1)O3. The molecule has 0 radical (unpaired) electrons. The molecule has 0 N–H and O–H groups in total. The first kappa shape index (κ1) is 20.2. The number of ether oxygens (including phenoxy) is 3. The molecule has 0 atom stereocenters. The lowest BCUT2D eigenvalue weighted by Gasteiger charge is -2.40. The van der Waals surface area contributed by atoms with E-state index in [1.54, 1.807) is 4.90 Å². The van der Waals surface area contributed by atoms with E-state index < -0.39 is 5.79 Å². The van der Waals surface area contributed by atoms with Gasteiger partial charge in [-0.1, -0.05) is 6.42 Å². The second-order valence-electron chi connectivity index (χ2n) is 9.71. The van der Waals surface area contributed by atoms with Gasteiger partial charge in [0.2, 0.25) is 0 Å². The smallest absolute Gasteiger partial charge is 0.289 e. The number of hydrogen-bond acceptors (Lipinski definition) is 6. The van der Waals surface area contributed by atoms with E-state index in [0.29, 0.717) is 73.8 Å². The monoisotopic (exact) mass is 439 g/mol. The van der Waals surface area contributed by atoms with Gasteiger partial charge in [-0.3, -0.25) is 9.59 Å². The van der Waals surface area contributed by atoms with Crippen molar-refractivity contribution in [2.75, 3.05) is 26.3 Å². The fourth-order valence-electron chi connectivity index (χ4n) is 5.99. The van der Waals surface area contributed by atoms with Gasteiger partial charge < -0.3 is 23.5 Å². The average molecular weight is 440 g/mol. The number of nitrogens with zero attached hydrogens (tertiary/aromatic N) is 1. The first-order valence-electron chi connectivity index (χ1n) is 11.8. The van der Waals surface area contributed by atoms with Crippen LogP contribution >= 0.6 is 0 Å². The maximum Gasteiger partial charge on any atom is 0.289 e. The van der Waals surface area contributed by atoms with Gasteiger partial charge in [-0.05, 0) is 44.7 Å². The van der Waals surface area contributed by atoms with Crippen LogP contribution in [0.15, 0.2) is 16.5 Å². The minimum Gasteiger partial charge on any atom is -0.486 e. The molecule has 2 aromatic rings. The van der Waals surface area contributed by atoms with Crippen molar-refractivity contribution in [2.45, 2.75) is 69.7 Å². The number of carbonyl (C=O) groups is 2. The summed E-state index contributed by atoms with van der Waals surface area (Å²) in [4.78, 5) is 28.4. The van der Waals surface area contributed by atoms with Gasteiger partial charge in [0, 0.05) is 36.9 Å². The van der Waals surface area contributed by atoms with Gasteiger partial charge in [0.05, 0.1) is 25.2 Å². The highest BCUT2D eigenvalue weighted by Crippen LogP contribution is 2.45. The molecular weight excluding hydrogens is 410 g/mol. The number of ketones is 1. The van der Waals surface area contributed by atoms with Crippen LogP contribution in [0.5, 0.6) is 5.75 Å². The van der Waals surface area contributed by atoms with Crippen LogP contribution < -0.4 is 4.74 Å². The predicted molar refractivity (Wildman–Crippen MR) is 116 cm³/mol. The lowest BCUT2D eigenvalue weighted by atomic mass is 9.78. The second-order valence-corrected chi connectivity index (χ2v) is 9.71. The first-order chi connectivity index (χ1) is 15.5. The van der Waals surface area contributed by atoms with Crippen LogP contribution in [0.1, 0.15) is 77.8 Å². The normalized spacial score (nSPS) is 24.2. The van der Waals surface area contributed by atoms with Gasteiger partial charge in [0.1, 0.15) is 16.9 Å². The number of rotatable bonds is 1. The number of fused-ring (bicyclic) bond motifs is 3. The van der Waals surface area contributed by atoms with Crippen molar-refractivity contribution < 1.29 is 28.2 Å². The Kier molecular flexibility index (Phi) is 4.63. The van der Waals surface area contributed by atoms with Crippen molar-refractivity contribution in [3.63, 3.8) is 0 Å². The van der Waals surface area contributed by atoms with Crippen LogP contribution in [-0.4, -0.2) is 54.3 Å². The number of furan rings is 1. The Bertz CT molecular complexity index is 1080. The van der Waals surface area contributed by atoms with Gasteiger partial charge in [-0.15, -0.1) is 0 Å². The van der Waals surface area contributed by atoms with E-state index >= 15 is 0 Å². The summed E-state index contributed by atoms with van der Waals surface area (Å²) in [6, 6.07) is 3.67. The second kappa shape index (κ2) is 7.32. The Labute approximate surface area is 187 Å². The minimum absolute atomic E-state index is 0.0945. The Hall–Kier alpha value is -2.38. The average Bonchev–Trinajstić information content (AvgIpc) is 3.38. The van der Waals surface area contributed by atoms with Crippen LogP contribution in [0.2, 0.25) is 0 Å². The molecule has 4 aliphatic rings. The summed E-state index contributed by atoms with van der Waals surface area (Å²) in [6.07, 6.45) is 6.96. The van der Waals surface area contributed by atoms with E-state index in [0.717, 1.165) is 31.1 Å². The van der Waals surface area contributed by atoms with Crippen LogP contribution in [0.25, 0.3) is 11.0 Å². The first-order valence-corrected chi connectivity index (χ1v) is 11.8. The molecule has 3 aliphatic heterocycles. The van der Waals surface area contributed by atoms with Gasteiger partial charge in [0.25, 0.3) is 5.91 Å². The lowest BCUT2D eigenvalue weighted by Crippen LogP contribution is -2.47. The molecule has 4 heterocycles. The maximum absolute atomic E-state index is 13.3. The van der Waals surface area contributed by atoms with Crippen molar-refractivity contribution >= 4 is 22.7 Å². The summed E-state index contributed by atoms with van der Waals surface area (Å²) in [6.45, 7) is 4.19. The van der Waals surface area contributed by atoms with E-state index in [9.17, 15) is 9.59 Å². The van der Waals surface area contributed by atoms with Gasteiger partial charge in [0.15, 0.2) is 17.3 Å². The minimum atomic E-state index is -0.530. The number of piperidine rings is 1. The highest BCUT2D eigenvalue weighted by Gasteiger charge is 2.44. The topological polar surface area (TPSA) is 78.2 Å². The van der Waals surface area contributed by atoms with E-state index in [2.05, 4.69) is 0 Å². The summed E-state index contributed by atoms with van der Waals surface area (Å²) in [5.41, 5.74) is 1.49. The summed E-state index contributed by atoms with van der Waals surface area (Å²) in [5, 5.41) is 0.720. The number of benzene rings is 1. The number of likely N-dealkylation sites (tertiary alicyclic amines) is 1. The molecule has 0 unspecified atom stereocenters. The molecule has 170 valence electrons.